The van der Waals surface area contributed by atoms with Crippen molar-refractivity contribution in [3.8, 4) is 22.8 Å². The molecule has 0 radical (unpaired) electrons. The van der Waals surface area contributed by atoms with Gasteiger partial charge in [0.1, 0.15) is 11.2 Å². The van der Waals surface area contributed by atoms with Gasteiger partial charge in [-0.2, -0.15) is 5.10 Å². The SMILES string of the molecule is CN1CCN(c2cncc3[nH]c(-c4n[nH]c5ccc(-c6ccccn6)nc45)cc23)CC1. The summed E-state index contributed by atoms with van der Waals surface area (Å²) in [5.41, 5.74) is 7.28. The Balaban J connectivity index is 1.44. The quantitative estimate of drug-likeness (QED) is 0.474. The van der Waals surface area contributed by atoms with E-state index in [1.807, 2.05) is 42.7 Å². The fourth-order valence-electron chi connectivity index (χ4n) is 4.21. The third kappa shape index (κ3) is 3.12. The van der Waals surface area contributed by atoms with E-state index in [0.29, 0.717) is 0 Å². The molecule has 6 heterocycles. The van der Waals surface area contributed by atoms with Crippen molar-refractivity contribution in [1.82, 2.24) is 35.0 Å². The lowest BCUT2D eigenvalue weighted by atomic mass is 10.2. The van der Waals surface area contributed by atoms with E-state index in [0.717, 1.165) is 76.6 Å². The van der Waals surface area contributed by atoms with Crippen LogP contribution in [-0.2, 0) is 0 Å². The van der Waals surface area contributed by atoms with Crippen molar-refractivity contribution >= 4 is 27.6 Å². The molecule has 6 rings (SSSR count). The summed E-state index contributed by atoms with van der Waals surface area (Å²) >= 11 is 0. The first kappa shape index (κ1) is 18.0. The van der Waals surface area contributed by atoms with E-state index in [-0.39, 0.29) is 0 Å². The minimum absolute atomic E-state index is 0.799. The number of rotatable bonds is 3. The summed E-state index contributed by atoms with van der Waals surface area (Å²) < 4.78 is 0. The highest BCUT2D eigenvalue weighted by atomic mass is 15.3. The number of hydrogen-bond donors (Lipinski definition) is 2. The predicted octanol–water partition coefficient (Wildman–Crippen LogP) is 3.32. The number of piperazine rings is 1. The molecule has 1 saturated heterocycles. The van der Waals surface area contributed by atoms with Crippen LogP contribution in [0.3, 0.4) is 0 Å². The number of aromatic amines is 2. The molecule has 1 aliphatic rings. The number of hydrogen-bond acceptors (Lipinski definition) is 6. The molecule has 2 N–H and O–H groups in total. The van der Waals surface area contributed by atoms with Gasteiger partial charge in [0.15, 0.2) is 0 Å². The lowest BCUT2D eigenvalue weighted by Crippen LogP contribution is -2.44. The maximum Gasteiger partial charge on any atom is 0.135 e. The molecular weight excluding hydrogens is 388 g/mol. The first-order valence-electron chi connectivity index (χ1n) is 10.4. The van der Waals surface area contributed by atoms with Gasteiger partial charge in [0, 0.05) is 37.8 Å². The molecule has 0 spiro atoms. The van der Waals surface area contributed by atoms with Gasteiger partial charge in [-0.05, 0) is 37.4 Å². The summed E-state index contributed by atoms with van der Waals surface area (Å²) in [6.45, 7) is 4.10. The van der Waals surface area contributed by atoms with Crippen LogP contribution in [0.1, 0.15) is 0 Å². The Kier molecular flexibility index (Phi) is 4.17. The maximum absolute atomic E-state index is 4.86. The molecule has 0 unspecified atom stereocenters. The van der Waals surface area contributed by atoms with Gasteiger partial charge in [0.2, 0.25) is 0 Å². The van der Waals surface area contributed by atoms with Gasteiger partial charge in [-0.1, -0.05) is 6.07 Å². The lowest BCUT2D eigenvalue weighted by molar-refractivity contribution is 0.313. The zero-order chi connectivity index (χ0) is 20.8. The first-order chi connectivity index (χ1) is 15.3. The normalized spacial score (nSPS) is 15.2. The number of likely N-dealkylation sites (N-methyl/N-ethyl adjacent to an activating group) is 1. The summed E-state index contributed by atoms with van der Waals surface area (Å²) in [6, 6.07) is 12.0. The molecule has 5 aromatic rings. The molecule has 0 atom stereocenters. The zero-order valence-electron chi connectivity index (χ0n) is 17.2. The number of pyridine rings is 3. The summed E-state index contributed by atoms with van der Waals surface area (Å²) in [6.07, 6.45) is 5.62. The molecule has 1 fully saturated rings. The number of fused-ring (bicyclic) bond motifs is 2. The van der Waals surface area contributed by atoms with Gasteiger partial charge in [-0.15, -0.1) is 0 Å². The Hall–Kier alpha value is -3.78. The van der Waals surface area contributed by atoms with Gasteiger partial charge in [0.25, 0.3) is 0 Å². The molecule has 1 aliphatic heterocycles. The van der Waals surface area contributed by atoms with Gasteiger partial charge >= 0.3 is 0 Å². The van der Waals surface area contributed by atoms with Crippen LogP contribution < -0.4 is 4.90 Å². The van der Waals surface area contributed by atoms with Crippen molar-refractivity contribution in [3.63, 3.8) is 0 Å². The predicted molar refractivity (Wildman–Crippen MR) is 122 cm³/mol. The van der Waals surface area contributed by atoms with Gasteiger partial charge in [-0.3, -0.25) is 15.1 Å². The highest BCUT2D eigenvalue weighted by molar-refractivity contribution is 5.98. The Labute approximate surface area is 179 Å². The summed E-state index contributed by atoms with van der Waals surface area (Å²) in [5.74, 6) is 0. The highest BCUT2D eigenvalue weighted by Crippen LogP contribution is 2.33. The number of H-pyrrole nitrogens is 2. The maximum atomic E-state index is 4.86. The summed E-state index contributed by atoms with van der Waals surface area (Å²) in [7, 11) is 2.17. The molecule has 8 heteroatoms. The van der Waals surface area contributed by atoms with Crippen molar-refractivity contribution in [2.24, 2.45) is 0 Å². The van der Waals surface area contributed by atoms with Crippen LogP contribution in [-0.4, -0.2) is 68.3 Å². The molecule has 8 nitrogen and oxygen atoms in total. The van der Waals surface area contributed by atoms with Crippen LogP contribution in [0.2, 0.25) is 0 Å². The standard InChI is InChI=1S/C23H22N8/c1-30-8-10-31(11-9-30)21-14-24-13-20-15(21)12-19(26-20)23-22-18(28-29-23)6-5-17(27-22)16-4-2-3-7-25-16/h2-7,12-14,26H,8-11H2,1H3,(H,28,29). The Bertz CT molecular complexity index is 1360. The van der Waals surface area contributed by atoms with E-state index in [9.17, 15) is 0 Å². The molecule has 5 aromatic heterocycles. The van der Waals surface area contributed by atoms with Crippen molar-refractivity contribution in [2.75, 3.05) is 38.1 Å². The average Bonchev–Trinajstić information content (AvgIpc) is 3.43. The number of nitrogens with one attached hydrogen (secondary N) is 2. The van der Waals surface area contributed by atoms with Gasteiger partial charge in [-0.25, -0.2) is 4.98 Å². The second kappa shape index (κ2) is 7.17. The van der Waals surface area contributed by atoms with Crippen LogP contribution in [0.4, 0.5) is 5.69 Å². The Morgan fingerprint density at radius 1 is 0.935 bits per heavy atom. The van der Waals surface area contributed by atoms with Crippen LogP contribution >= 0.6 is 0 Å². The van der Waals surface area contributed by atoms with Crippen molar-refractivity contribution in [1.29, 1.82) is 0 Å². The summed E-state index contributed by atoms with van der Waals surface area (Å²) in [4.78, 5) is 22.0. The fraction of sp³-hybridized carbons (Fsp3) is 0.217. The fourth-order valence-corrected chi connectivity index (χ4v) is 4.21. The molecule has 0 amide bonds. The number of anilines is 1. The van der Waals surface area contributed by atoms with E-state index in [1.54, 1.807) is 6.20 Å². The monoisotopic (exact) mass is 410 g/mol. The number of aromatic nitrogens is 6. The molecule has 31 heavy (non-hydrogen) atoms. The highest BCUT2D eigenvalue weighted by Gasteiger charge is 2.19. The van der Waals surface area contributed by atoms with E-state index in [4.69, 9.17) is 4.98 Å². The second-order valence-corrected chi connectivity index (χ2v) is 7.97. The minimum Gasteiger partial charge on any atom is -0.367 e. The topological polar surface area (TPSA) is 89.6 Å². The van der Waals surface area contributed by atoms with Crippen LogP contribution in [0.5, 0.6) is 0 Å². The molecule has 0 aromatic carbocycles. The molecule has 0 saturated carbocycles. The zero-order valence-corrected chi connectivity index (χ0v) is 17.2. The van der Waals surface area contributed by atoms with E-state index >= 15 is 0 Å². The van der Waals surface area contributed by atoms with E-state index < -0.39 is 0 Å². The molecular formula is C23H22N8. The largest absolute Gasteiger partial charge is 0.367 e. The third-order valence-electron chi connectivity index (χ3n) is 5.96. The van der Waals surface area contributed by atoms with Crippen molar-refractivity contribution in [3.05, 3.63) is 55.0 Å². The first-order valence-corrected chi connectivity index (χ1v) is 10.4. The Morgan fingerprint density at radius 3 is 2.68 bits per heavy atom. The van der Waals surface area contributed by atoms with Gasteiger partial charge in [0.05, 0.1) is 46.2 Å². The van der Waals surface area contributed by atoms with Crippen LogP contribution in [0.25, 0.3) is 44.7 Å². The third-order valence-corrected chi connectivity index (χ3v) is 5.96. The molecule has 154 valence electrons. The minimum atomic E-state index is 0.799. The average molecular weight is 410 g/mol. The molecule has 0 aliphatic carbocycles. The van der Waals surface area contributed by atoms with E-state index in [2.05, 4.69) is 48.1 Å². The van der Waals surface area contributed by atoms with Crippen LogP contribution in [0.15, 0.2) is 55.0 Å². The van der Waals surface area contributed by atoms with Gasteiger partial charge < -0.3 is 14.8 Å². The smallest absolute Gasteiger partial charge is 0.135 e. The van der Waals surface area contributed by atoms with Crippen molar-refractivity contribution < 1.29 is 0 Å². The van der Waals surface area contributed by atoms with Crippen LogP contribution in [0, 0.1) is 0 Å². The number of nitrogens with zero attached hydrogens (tertiary/aromatic N) is 6. The van der Waals surface area contributed by atoms with E-state index in [1.165, 1.54) is 0 Å². The van der Waals surface area contributed by atoms with Crippen molar-refractivity contribution in [2.45, 2.75) is 0 Å². The lowest BCUT2D eigenvalue weighted by Gasteiger charge is -2.34. The summed E-state index contributed by atoms with van der Waals surface area (Å²) in [5, 5.41) is 8.83. The second-order valence-electron chi connectivity index (χ2n) is 7.97. The molecule has 0 bridgehead atoms. The Morgan fingerprint density at radius 2 is 1.84 bits per heavy atom.